The van der Waals surface area contributed by atoms with Crippen molar-refractivity contribution in [3.05, 3.63) is 0 Å². The number of carbonyl (C=O) groups excluding carboxylic acids is 3. The second kappa shape index (κ2) is 8.30. The molecule has 3 saturated heterocycles. The van der Waals surface area contributed by atoms with Crippen LogP contribution in [0, 0.1) is 17.3 Å². The Morgan fingerprint density at radius 3 is 2.45 bits per heavy atom. The van der Waals surface area contributed by atoms with Gasteiger partial charge in [0.25, 0.3) is 0 Å². The lowest BCUT2D eigenvalue weighted by Crippen LogP contribution is -2.59. The van der Waals surface area contributed by atoms with Crippen LogP contribution in [0.3, 0.4) is 0 Å². The van der Waals surface area contributed by atoms with E-state index in [2.05, 4.69) is 47.3 Å². The lowest BCUT2D eigenvalue weighted by molar-refractivity contribution is -0.143. The van der Waals surface area contributed by atoms with Gasteiger partial charge in [0, 0.05) is 30.6 Å². The van der Waals surface area contributed by atoms with Crippen molar-refractivity contribution in [2.75, 3.05) is 20.2 Å². The van der Waals surface area contributed by atoms with Gasteiger partial charge in [0.05, 0.1) is 17.9 Å². The standard InChI is InChI=1S/C22H36BrN3O5/c1-20(2,3)11-21(4,5)25-18(29)16-22-10-12(23)15(31-22)13(17(28)24-6)14(22)19(30)26(16)8-7-9-27/h12-16,27H,7-11H2,1-6H3,(H,24,28)(H,25,29)/t12?,13-,14-,15-,16?,22?/m0/s1. The Balaban J connectivity index is 1.97. The number of amides is 3. The summed E-state index contributed by atoms with van der Waals surface area (Å²) in [6.45, 7) is 10.5. The van der Waals surface area contributed by atoms with Crippen LogP contribution in [-0.2, 0) is 19.1 Å². The lowest BCUT2D eigenvalue weighted by atomic mass is 9.70. The molecule has 0 radical (unpaired) electrons. The Kier molecular flexibility index (Phi) is 6.55. The lowest BCUT2D eigenvalue weighted by Gasteiger charge is -2.38. The van der Waals surface area contributed by atoms with Crippen molar-refractivity contribution in [1.29, 1.82) is 0 Å². The second-order valence-electron chi connectivity index (χ2n) is 11.0. The van der Waals surface area contributed by atoms with Gasteiger partial charge in [0.15, 0.2) is 0 Å². The third-order valence-electron chi connectivity index (χ3n) is 6.58. The Morgan fingerprint density at radius 1 is 1.26 bits per heavy atom. The molecule has 3 fully saturated rings. The number of aliphatic hydroxyl groups is 1. The van der Waals surface area contributed by atoms with Crippen LogP contribution < -0.4 is 10.6 Å². The molecule has 2 bridgehead atoms. The number of ether oxygens (including phenoxy) is 1. The zero-order valence-corrected chi connectivity index (χ0v) is 20.9. The highest BCUT2D eigenvalue weighted by Crippen LogP contribution is 2.60. The van der Waals surface area contributed by atoms with Gasteiger partial charge in [-0.05, 0) is 38.5 Å². The van der Waals surface area contributed by atoms with E-state index in [9.17, 15) is 19.5 Å². The largest absolute Gasteiger partial charge is 0.396 e. The maximum Gasteiger partial charge on any atom is 0.246 e. The van der Waals surface area contributed by atoms with E-state index in [1.807, 2.05) is 13.8 Å². The van der Waals surface area contributed by atoms with Crippen molar-refractivity contribution in [3.8, 4) is 0 Å². The molecule has 3 aliphatic heterocycles. The summed E-state index contributed by atoms with van der Waals surface area (Å²) < 4.78 is 6.37. The fourth-order valence-electron chi connectivity index (χ4n) is 6.15. The van der Waals surface area contributed by atoms with Gasteiger partial charge < -0.3 is 25.4 Å². The van der Waals surface area contributed by atoms with Crippen molar-refractivity contribution in [2.24, 2.45) is 17.3 Å². The van der Waals surface area contributed by atoms with Crippen LogP contribution in [0.2, 0.25) is 0 Å². The zero-order valence-electron chi connectivity index (χ0n) is 19.3. The van der Waals surface area contributed by atoms with Gasteiger partial charge in [-0.1, -0.05) is 36.7 Å². The van der Waals surface area contributed by atoms with E-state index >= 15 is 0 Å². The summed E-state index contributed by atoms with van der Waals surface area (Å²) in [5, 5.41) is 15.2. The normalized spacial score (nSPS) is 34.8. The summed E-state index contributed by atoms with van der Waals surface area (Å²) in [7, 11) is 1.55. The quantitative estimate of drug-likeness (QED) is 0.454. The molecule has 3 aliphatic rings. The zero-order chi connectivity index (χ0) is 23.4. The summed E-state index contributed by atoms with van der Waals surface area (Å²) in [6.07, 6.45) is 1.14. The number of aliphatic hydroxyl groups excluding tert-OH is 1. The third-order valence-corrected chi connectivity index (χ3v) is 7.42. The number of nitrogens with one attached hydrogen (secondary N) is 2. The average Bonchev–Trinajstić information content (AvgIpc) is 3.20. The first-order valence-corrected chi connectivity index (χ1v) is 12.0. The summed E-state index contributed by atoms with van der Waals surface area (Å²) >= 11 is 3.63. The third kappa shape index (κ3) is 4.25. The number of rotatable bonds is 7. The van der Waals surface area contributed by atoms with E-state index < -0.39 is 35.1 Å². The Bertz CT molecular complexity index is 752. The van der Waals surface area contributed by atoms with E-state index in [4.69, 9.17) is 4.74 Å². The minimum atomic E-state index is -1.05. The van der Waals surface area contributed by atoms with Crippen LogP contribution in [0.4, 0.5) is 0 Å². The number of hydrogen-bond donors (Lipinski definition) is 3. The summed E-state index contributed by atoms with van der Waals surface area (Å²) in [5.74, 6) is -2.09. The van der Waals surface area contributed by atoms with Crippen molar-refractivity contribution in [1.82, 2.24) is 15.5 Å². The molecule has 0 aromatic carbocycles. The fraction of sp³-hybridized carbons (Fsp3) is 0.864. The van der Waals surface area contributed by atoms with Crippen LogP contribution in [-0.4, -0.2) is 76.0 Å². The SMILES string of the molecule is CNC(=O)[C@H]1[C@H]2C(=O)N(CCCO)C(C(=O)NC(C)(C)CC(C)(C)C)C23CC(Br)[C@@H]1O3. The second-order valence-corrected chi connectivity index (χ2v) is 12.2. The first-order valence-electron chi connectivity index (χ1n) is 11.0. The molecule has 176 valence electrons. The van der Waals surface area contributed by atoms with Gasteiger partial charge in [0.1, 0.15) is 11.6 Å². The van der Waals surface area contributed by atoms with Crippen molar-refractivity contribution >= 4 is 33.7 Å². The highest BCUT2D eigenvalue weighted by molar-refractivity contribution is 9.09. The van der Waals surface area contributed by atoms with Crippen LogP contribution >= 0.6 is 15.9 Å². The molecule has 8 nitrogen and oxygen atoms in total. The number of halogens is 1. The van der Waals surface area contributed by atoms with Gasteiger partial charge in [0.2, 0.25) is 17.7 Å². The average molecular weight is 502 g/mol. The Labute approximate surface area is 193 Å². The molecular formula is C22H36BrN3O5. The van der Waals surface area contributed by atoms with Gasteiger partial charge in [-0.3, -0.25) is 14.4 Å². The van der Waals surface area contributed by atoms with Gasteiger partial charge in [-0.2, -0.15) is 0 Å². The predicted octanol–water partition coefficient (Wildman–Crippen LogP) is 1.19. The van der Waals surface area contributed by atoms with Crippen molar-refractivity contribution < 1.29 is 24.2 Å². The number of alkyl halides is 1. The summed E-state index contributed by atoms with van der Waals surface area (Å²) in [5.41, 5.74) is -1.53. The Hall–Kier alpha value is -1.19. The number of likely N-dealkylation sites (tertiary alicyclic amines) is 1. The predicted molar refractivity (Wildman–Crippen MR) is 119 cm³/mol. The van der Waals surface area contributed by atoms with E-state index in [1.54, 1.807) is 7.05 Å². The van der Waals surface area contributed by atoms with E-state index in [1.165, 1.54) is 4.90 Å². The molecule has 3 unspecified atom stereocenters. The molecule has 0 aromatic rings. The van der Waals surface area contributed by atoms with Gasteiger partial charge >= 0.3 is 0 Å². The first-order chi connectivity index (χ1) is 14.3. The monoisotopic (exact) mass is 501 g/mol. The van der Waals surface area contributed by atoms with Gasteiger partial charge in [-0.15, -0.1) is 0 Å². The van der Waals surface area contributed by atoms with E-state index in [0.29, 0.717) is 12.8 Å². The molecule has 0 aromatic heterocycles. The highest BCUT2D eigenvalue weighted by atomic mass is 79.9. The molecule has 3 rings (SSSR count). The molecule has 31 heavy (non-hydrogen) atoms. The summed E-state index contributed by atoms with van der Waals surface area (Å²) in [6, 6.07) is -0.838. The van der Waals surface area contributed by atoms with Crippen molar-refractivity contribution in [3.63, 3.8) is 0 Å². The molecular weight excluding hydrogens is 466 g/mol. The molecule has 6 atom stereocenters. The van der Waals surface area contributed by atoms with Crippen molar-refractivity contribution in [2.45, 2.75) is 82.0 Å². The molecule has 3 amide bonds. The van der Waals surface area contributed by atoms with Crippen LogP contribution in [0.15, 0.2) is 0 Å². The van der Waals surface area contributed by atoms with Crippen LogP contribution in [0.5, 0.6) is 0 Å². The number of carbonyl (C=O) groups is 3. The molecule has 1 spiro atoms. The number of fused-ring (bicyclic) bond motifs is 1. The molecule has 9 heteroatoms. The topological polar surface area (TPSA) is 108 Å². The fourth-order valence-corrected chi connectivity index (χ4v) is 7.09. The highest BCUT2D eigenvalue weighted by Gasteiger charge is 2.76. The smallest absolute Gasteiger partial charge is 0.246 e. The minimum Gasteiger partial charge on any atom is -0.396 e. The molecule has 0 aliphatic carbocycles. The molecule has 3 N–H and O–H groups in total. The number of hydrogen-bond acceptors (Lipinski definition) is 5. The minimum absolute atomic E-state index is 0.00719. The van der Waals surface area contributed by atoms with Crippen LogP contribution in [0.1, 0.15) is 53.9 Å². The summed E-state index contributed by atoms with van der Waals surface area (Å²) in [4.78, 5) is 41.3. The number of nitrogens with zero attached hydrogens (tertiary/aromatic N) is 1. The van der Waals surface area contributed by atoms with Gasteiger partial charge in [-0.25, -0.2) is 0 Å². The first kappa shape index (κ1) is 24.5. The maximum atomic E-state index is 13.7. The van der Waals surface area contributed by atoms with E-state index in [-0.39, 0.29) is 41.1 Å². The maximum absolute atomic E-state index is 13.7. The Morgan fingerprint density at radius 2 is 1.90 bits per heavy atom. The molecule has 0 saturated carbocycles. The molecule has 3 heterocycles. The van der Waals surface area contributed by atoms with E-state index in [0.717, 1.165) is 6.42 Å². The van der Waals surface area contributed by atoms with Crippen LogP contribution in [0.25, 0.3) is 0 Å².